The van der Waals surface area contributed by atoms with Crippen molar-refractivity contribution < 1.29 is 9.53 Å². The molecule has 0 atom stereocenters. The number of ether oxygens (including phenoxy) is 1. The lowest BCUT2D eigenvalue weighted by Crippen LogP contribution is -2.07. The number of methoxy groups -OCH3 is 1. The Hall–Kier alpha value is -2.92. The molecule has 2 aromatic carbocycles. The van der Waals surface area contributed by atoms with Crippen molar-refractivity contribution in [3.8, 4) is 17.0 Å². The summed E-state index contributed by atoms with van der Waals surface area (Å²) < 4.78 is 5.32. The molecule has 150 valence electrons. The second-order valence-corrected chi connectivity index (χ2v) is 8.46. The first-order valence-corrected chi connectivity index (χ1v) is 10.4. The number of amides is 1. The predicted molar refractivity (Wildman–Crippen MR) is 122 cm³/mol. The van der Waals surface area contributed by atoms with Crippen LogP contribution in [0.15, 0.2) is 48.5 Å². The SMILES string of the molecule is COc1ccc(-c2nc(NC(=O)/C=C/c3ccc(C(C)C)cc3)sc2C)cc1C. The molecule has 0 saturated carbocycles. The van der Waals surface area contributed by atoms with Gasteiger partial charge in [-0.2, -0.15) is 0 Å². The number of nitrogens with zero attached hydrogens (tertiary/aromatic N) is 1. The highest BCUT2D eigenvalue weighted by Crippen LogP contribution is 2.32. The van der Waals surface area contributed by atoms with E-state index in [4.69, 9.17) is 4.74 Å². The van der Waals surface area contributed by atoms with Gasteiger partial charge in [0.05, 0.1) is 12.8 Å². The van der Waals surface area contributed by atoms with E-state index in [1.54, 1.807) is 7.11 Å². The molecule has 0 aliphatic heterocycles. The summed E-state index contributed by atoms with van der Waals surface area (Å²) in [6, 6.07) is 14.2. The molecule has 0 spiro atoms. The van der Waals surface area contributed by atoms with Crippen LogP contribution in [0.5, 0.6) is 5.75 Å². The molecule has 1 heterocycles. The molecule has 0 aliphatic carbocycles. The lowest BCUT2D eigenvalue weighted by atomic mass is 10.0. The predicted octanol–water partition coefficient (Wildman–Crippen LogP) is 6.21. The zero-order valence-corrected chi connectivity index (χ0v) is 18.3. The smallest absolute Gasteiger partial charge is 0.250 e. The van der Waals surface area contributed by atoms with E-state index in [9.17, 15) is 4.79 Å². The Morgan fingerprint density at radius 1 is 1.14 bits per heavy atom. The van der Waals surface area contributed by atoms with Crippen molar-refractivity contribution in [3.05, 3.63) is 70.1 Å². The molecular formula is C24H26N2O2S. The minimum atomic E-state index is -0.191. The van der Waals surface area contributed by atoms with Crippen LogP contribution >= 0.6 is 11.3 Å². The third-order valence-electron chi connectivity index (χ3n) is 4.73. The minimum Gasteiger partial charge on any atom is -0.496 e. The summed E-state index contributed by atoms with van der Waals surface area (Å²) in [7, 11) is 1.66. The number of hydrogen-bond donors (Lipinski definition) is 1. The Kier molecular flexibility index (Phi) is 6.49. The number of aryl methyl sites for hydroxylation is 2. The number of thiazole rings is 1. The number of hydrogen-bond acceptors (Lipinski definition) is 4. The normalized spacial score (nSPS) is 11.2. The summed E-state index contributed by atoms with van der Waals surface area (Å²) in [5, 5.41) is 3.46. The molecule has 0 saturated heterocycles. The maximum Gasteiger partial charge on any atom is 0.250 e. The van der Waals surface area contributed by atoms with Gasteiger partial charge in [-0.25, -0.2) is 4.98 Å². The van der Waals surface area contributed by atoms with E-state index in [1.165, 1.54) is 23.0 Å². The molecule has 0 unspecified atom stereocenters. The molecule has 0 radical (unpaired) electrons. The minimum absolute atomic E-state index is 0.191. The summed E-state index contributed by atoms with van der Waals surface area (Å²) in [5.41, 5.74) is 5.22. The Morgan fingerprint density at radius 3 is 2.48 bits per heavy atom. The highest BCUT2D eigenvalue weighted by atomic mass is 32.1. The van der Waals surface area contributed by atoms with Crippen molar-refractivity contribution >= 4 is 28.5 Å². The first kappa shape index (κ1) is 20.8. The van der Waals surface area contributed by atoms with Gasteiger partial charge in [0.15, 0.2) is 5.13 Å². The van der Waals surface area contributed by atoms with Gasteiger partial charge in [0.1, 0.15) is 5.75 Å². The highest BCUT2D eigenvalue weighted by molar-refractivity contribution is 7.16. The summed E-state index contributed by atoms with van der Waals surface area (Å²) >= 11 is 1.47. The van der Waals surface area contributed by atoms with Gasteiger partial charge in [-0.3, -0.25) is 10.1 Å². The van der Waals surface area contributed by atoms with Gasteiger partial charge >= 0.3 is 0 Å². The van der Waals surface area contributed by atoms with Crippen LogP contribution < -0.4 is 10.1 Å². The first-order chi connectivity index (χ1) is 13.9. The molecule has 4 nitrogen and oxygen atoms in total. The van der Waals surface area contributed by atoms with Gasteiger partial charge in [-0.1, -0.05) is 38.1 Å². The van der Waals surface area contributed by atoms with E-state index in [0.29, 0.717) is 11.0 Å². The fraction of sp³-hybridized carbons (Fsp3) is 0.250. The van der Waals surface area contributed by atoms with Gasteiger partial charge in [0, 0.05) is 16.5 Å². The van der Waals surface area contributed by atoms with Crippen molar-refractivity contribution in [2.45, 2.75) is 33.6 Å². The zero-order valence-electron chi connectivity index (χ0n) is 17.4. The van der Waals surface area contributed by atoms with Gasteiger partial charge in [-0.15, -0.1) is 11.3 Å². The molecule has 29 heavy (non-hydrogen) atoms. The molecule has 1 N–H and O–H groups in total. The van der Waals surface area contributed by atoms with Gasteiger partial charge in [-0.05, 0) is 60.7 Å². The van der Waals surface area contributed by atoms with E-state index in [-0.39, 0.29) is 5.91 Å². The molecule has 1 amide bonds. The third kappa shape index (κ3) is 5.12. The Bertz CT molecular complexity index is 1030. The number of nitrogens with one attached hydrogen (secondary N) is 1. The van der Waals surface area contributed by atoms with Crippen molar-refractivity contribution in [1.82, 2.24) is 4.98 Å². The number of carbonyl (C=O) groups is 1. The highest BCUT2D eigenvalue weighted by Gasteiger charge is 2.12. The molecule has 1 aromatic heterocycles. The third-order valence-corrected chi connectivity index (χ3v) is 5.61. The van der Waals surface area contributed by atoms with Crippen molar-refractivity contribution in [3.63, 3.8) is 0 Å². The first-order valence-electron chi connectivity index (χ1n) is 9.59. The second-order valence-electron chi connectivity index (χ2n) is 7.25. The number of aromatic nitrogens is 1. The average Bonchev–Trinajstić information content (AvgIpc) is 3.06. The summed E-state index contributed by atoms with van der Waals surface area (Å²) in [6.45, 7) is 8.34. The van der Waals surface area contributed by atoms with Gasteiger partial charge in [0.25, 0.3) is 0 Å². The van der Waals surface area contributed by atoms with Crippen molar-refractivity contribution in [2.75, 3.05) is 12.4 Å². The fourth-order valence-corrected chi connectivity index (χ4v) is 3.89. The quantitative estimate of drug-likeness (QED) is 0.495. The van der Waals surface area contributed by atoms with E-state index in [1.807, 2.05) is 50.3 Å². The maximum atomic E-state index is 12.3. The van der Waals surface area contributed by atoms with Crippen LogP contribution in [0.1, 0.15) is 41.3 Å². The molecule has 0 fully saturated rings. The van der Waals surface area contributed by atoms with Crippen LogP contribution in [0.4, 0.5) is 5.13 Å². The molecule has 3 rings (SSSR count). The molecule has 0 bridgehead atoms. The zero-order chi connectivity index (χ0) is 21.0. The van der Waals surface area contributed by atoms with Crippen molar-refractivity contribution in [2.24, 2.45) is 0 Å². The van der Waals surface area contributed by atoms with Crippen molar-refractivity contribution in [1.29, 1.82) is 0 Å². The van der Waals surface area contributed by atoms with Gasteiger partial charge in [0.2, 0.25) is 5.91 Å². The van der Waals surface area contributed by atoms with E-state index in [0.717, 1.165) is 33.0 Å². The maximum absolute atomic E-state index is 12.3. The van der Waals surface area contributed by atoms with E-state index < -0.39 is 0 Å². The number of benzene rings is 2. The van der Waals surface area contributed by atoms with E-state index >= 15 is 0 Å². The average molecular weight is 407 g/mol. The topological polar surface area (TPSA) is 51.2 Å². The van der Waals surface area contributed by atoms with Crippen LogP contribution in [0.2, 0.25) is 0 Å². The Morgan fingerprint density at radius 2 is 1.86 bits per heavy atom. The standard InChI is InChI=1S/C24H26N2O2S/c1-15(2)19-9-6-18(7-10-19)8-13-22(27)25-24-26-23(17(4)29-24)20-11-12-21(28-5)16(3)14-20/h6-15H,1-5H3,(H,25,26,27)/b13-8+. The molecule has 0 aliphatic rings. The van der Waals surface area contributed by atoms with Crippen LogP contribution in [0.25, 0.3) is 17.3 Å². The van der Waals surface area contributed by atoms with Crippen LogP contribution in [-0.2, 0) is 4.79 Å². The molecule has 3 aromatic rings. The summed E-state index contributed by atoms with van der Waals surface area (Å²) in [4.78, 5) is 18.0. The lowest BCUT2D eigenvalue weighted by Gasteiger charge is -2.06. The molecule has 5 heteroatoms. The fourth-order valence-electron chi connectivity index (χ4n) is 3.05. The van der Waals surface area contributed by atoms with Crippen LogP contribution in [-0.4, -0.2) is 18.0 Å². The van der Waals surface area contributed by atoms with E-state index in [2.05, 4.69) is 36.3 Å². The van der Waals surface area contributed by atoms with Crippen LogP contribution in [0.3, 0.4) is 0 Å². The Labute approximate surface area is 176 Å². The Balaban J connectivity index is 1.70. The number of anilines is 1. The second kappa shape index (κ2) is 9.05. The molecular weight excluding hydrogens is 380 g/mol. The number of rotatable bonds is 6. The lowest BCUT2D eigenvalue weighted by molar-refractivity contribution is -0.111. The summed E-state index contributed by atoms with van der Waals surface area (Å²) in [5.74, 6) is 1.15. The monoisotopic (exact) mass is 406 g/mol. The summed E-state index contributed by atoms with van der Waals surface area (Å²) in [6.07, 6.45) is 3.35. The van der Waals surface area contributed by atoms with Crippen LogP contribution in [0, 0.1) is 13.8 Å². The van der Waals surface area contributed by atoms with Gasteiger partial charge < -0.3 is 4.74 Å². The number of carbonyl (C=O) groups excluding carboxylic acids is 1. The largest absolute Gasteiger partial charge is 0.496 e.